The van der Waals surface area contributed by atoms with Gasteiger partial charge >= 0.3 is 0 Å². The molecule has 0 aliphatic heterocycles. The fourth-order valence-electron chi connectivity index (χ4n) is 2.54. The standard InChI is InChI=1S/C15H30N2/c1-6-7-8-9-17-15(12-16,10-13(2)3)11-14(4)5/h13-14,17H,8-12,16H2,1-5H3. The van der Waals surface area contributed by atoms with E-state index >= 15 is 0 Å². The van der Waals surface area contributed by atoms with Gasteiger partial charge in [-0.15, -0.1) is 11.8 Å². The molecule has 0 aliphatic carbocycles. The SMILES string of the molecule is CC#CCCNC(CN)(CC(C)C)CC(C)C. The smallest absolute Gasteiger partial charge is 0.0309 e. The molecule has 0 rings (SSSR count). The van der Waals surface area contributed by atoms with Gasteiger partial charge in [-0.3, -0.25) is 0 Å². The van der Waals surface area contributed by atoms with Gasteiger partial charge in [-0.25, -0.2) is 0 Å². The lowest BCUT2D eigenvalue weighted by atomic mass is 9.81. The maximum atomic E-state index is 6.02. The highest BCUT2D eigenvalue weighted by atomic mass is 15.0. The molecule has 0 amide bonds. The van der Waals surface area contributed by atoms with Crippen LogP contribution in [0.2, 0.25) is 0 Å². The second kappa shape index (κ2) is 8.55. The highest BCUT2D eigenvalue weighted by Crippen LogP contribution is 2.24. The van der Waals surface area contributed by atoms with Crippen LogP contribution in [0, 0.1) is 23.7 Å². The first-order valence-corrected chi connectivity index (χ1v) is 6.80. The number of hydrogen-bond donors (Lipinski definition) is 2. The highest BCUT2D eigenvalue weighted by Gasteiger charge is 2.29. The summed E-state index contributed by atoms with van der Waals surface area (Å²) >= 11 is 0. The molecule has 0 heterocycles. The van der Waals surface area contributed by atoms with Gasteiger partial charge in [-0.1, -0.05) is 27.7 Å². The fourth-order valence-corrected chi connectivity index (χ4v) is 2.54. The Hall–Kier alpha value is -0.520. The minimum absolute atomic E-state index is 0.0950. The monoisotopic (exact) mass is 238 g/mol. The van der Waals surface area contributed by atoms with Crippen molar-refractivity contribution in [1.82, 2.24) is 5.32 Å². The van der Waals surface area contributed by atoms with Crippen LogP contribution in [0.15, 0.2) is 0 Å². The number of rotatable bonds is 8. The van der Waals surface area contributed by atoms with E-state index < -0.39 is 0 Å². The van der Waals surface area contributed by atoms with Crippen molar-refractivity contribution in [3.8, 4) is 11.8 Å². The van der Waals surface area contributed by atoms with Crippen LogP contribution in [0.1, 0.15) is 53.9 Å². The lowest BCUT2D eigenvalue weighted by molar-refractivity contribution is 0.232. The van der Waals surface area contributed by atoms with Crippen LogP contribution in [-0.4, -0.2) is 18.6 Å². The Labute approximate surface area is 108 Å². The van der Waals surface area contributed by atoms with E-state index in [4.69, 9.17) is 5.73 Å². The van der Waals surface area contributed by atoms with Gasteiger partial charge in [0.25, 0.3) is 0 Å². The predicted molar refractivity (Wildman–Crippen MR) is 76.8 cm³/mol. The summed E-state index contributed by atoms with van der Waals surface area (Å²) in [7, 11) is 0. The molecule has 0 unspecified atom stereocenters. The van der Waals surface area contributed by atoms with Crippen LogP contribution in [0.25, 0.3) is 0 Å². The molecule has 0 atom stereocenters. The highest BCUT2D eigenvalue weighted by molar-refractivity contribution is 4.97. The molecule has 0 fully saturated rings. The third-order valence-electron chi connectivity index (χ3n) is 2.92. The lowest BCUT2D eigenvalue weighted by Crippen LogP contribution is -2.53. The zero-order valence-electron chi connectivity index (χ0n) is 12.3. The Balaban J connectivity index is 4.47. The van der Waals surface area contributed by atoms with Crippen LogP contribution < -0.4 is 11.1 Å². The summed E-state index contributed by atoms with van der Waals surface area (Å²) in [4.78, 5) is 0. The zero-order chi connectivity index (χ0) is 13.3. The largest absolute Gasteiger partial charge is 0.329 e. The van der Waals surface area contributed by atoms with Crippen LogP contribution in [0.3, 0.4) is 0 Å². The molecule has 0 bridgehead atoms. The summed E-state index contributed by atoms with van der Waals surface area (Å²) < 4.78 is 0. The van der Waals surface area contributed by atoms with E-state index in [9.17, 15) is 0 Å². The molecule has 3 N–H and O–H groups in total. The minimum atomic E-state index is 0.0950. The first-order valence-electron chi connectivity index (χ1n) is 6.80. The molecule has 0 aliphatic rings. The van der Waals surface area contributed by atoms with E-state index in [1.54, 1.807) is 0 Å². The predicted octanol–water partition coefficient (Wildman–Crippen LogP) is 2.78. The van der Waals surface area contributed by atoms with Gasteiger partial charge in [0.15, 0.2) is 0 Å². The normalized spacial score (nSPS) is 11.8. The van der Waals surface area contributed by atoms with Crippen molar-refractivity contribution in [2.45, 2.75) is 59.4 Å². The van der Waals surface area contributed by atoms with Gasteiger partial charge < -0.3 is 11.1 Å². The average Bonchev–Trinajstić information content (AvgIpc) is 2.22. The maximum absolute atomic E-state index is 6.02. The van der Waals surface area contributed by atoms with Crippen molar-refractivity contribution in [1.29, 1.82) is 0 Å². The topological polar surface area (TPSA) is 38.0 Å². The second-order valence-electron chi connectivity index (χ2n) is 5.78. The van der Waals surface area contributed by atoms with Gasteiger partial charge in [-0.05, 0) is 31.6 Å². The van der Waals surface area contributed by atoms with E-state index in [1.165, 1.54) is 0 Å². The Morgan fingerprint density at radius 1 is 1.12 bits per heavy atom. The molecular weight excluding hydrogens is 208 g/mol. The molecule has 0 spiro atoms. The van der Waals surface area contributed by atoms with E-state index in [0.29, 0.717) is 18.4 Å². The van der Waals surface area contributed by atoms with Gasteiger partial charge in [0.05, 0.1) is 0 Å². The molecule has 2 nitrogen and oxygen atoms in total. The third-order valence-corrected chi connectivity index (χ3v) is 2.92. The zero-order valence-corrected chi connectivity index (χ0v) is 12.3. The fraction of sp³-hybridized carbons (Fsp3) is 0.867. The van der Waals surface area contributed by atoms with Crippen LogP contribution >= 0.6 is 0 Å². The number of nitrogens with two attached hydrogens (primary N) is 1. The van der Waals surface area contributed by atoms with E-state index in [1.807, 2.05) is 6.92 Å². The summed E-state index contributed by atoms with van der Waals surface area (Å²) in [5, 5.41) is 3.65. The maximum Gasteiger partial charge on any atom is 0.0309 e. The molecule has 0 aromatic heterocycles. The molecule has 0 saturated carbocycles. The minimum Gasteiger partial charge on any atom is -0.329 e. The Kier molecular flexibility index (Phi) is 8.29. The van der Waals surface area contributed by atoms with Crippen molar-refractivity contribution < 1.29 is 0 Å². The molecular formula is C15H30N2. The molecule has 0 radical (unpaired) electrons. The van der Waals surface area contributed by atoms with Gasteiger partial charge in [-0.2, -0.15) is 0 Å². The molecule has 0 aromatic carbocycles. The van der Waals surface area contributed by atoms with Crippen molar-refractivity contribution in [2.75, 3.05) is 13.1 Å². The van der Waals surface area contributed by atoms with Crippen LogP contribution in [0.5, 0.6) is 0 Å². The van der Waals surface area contributed by atoms with Crippen molar-refractivity contribution in [2.24, 2.45) is 17.6 Å². The third kappa shape index (κ3) is 7.41. The average molecular weight is 238 g/mol. The van der Waals surface area contributed by atoms with Crippen molar-refractivity contribution in [3.63, 3.8) is 0 Å². The van der Waals surface area contributed by atoms with Gasteiger partial charge in [0.2, 0.25) is 0 Å². The summed E-state index contributed by atoms with van der Waals surface area (Å²) in [6.07, 6.45) is 3.19. The first kappa shape index (κ1) is 16.5. The van der Waals surface area contributed by atoms with E-state index in [0.717, 1.165) is 25.8 Å². The van der Waals surface area contributed by atoms with Gasteiger partial charge in [0.1, 0.15) is 0 Å². The van der Waals surface area contributed by atoms with Crippen molar-refractivity contribution in [3.05, 3.63) is 0 Å². The second-order valence-corrected chi connectivity index (χ2v) is 5.78. The number of hydrogen-bond acceptors (Lipinski definition) is 2. The van der Waals surface area contributed by atoms with Gasteiger partial charge in [0, 0.05) is 25.0 Å². The van der Waals surface area contributed by atoms with Crippen LogP contribution in [0.4, 0.5) is 0 Å². The summed E-state index contributed by atoms with van der Waals surface area (Å²) in [5.74, 6) is 7.37. The summed E-state index contributed by atoms with van der Waals surface area (Å²) in [5.41, 5.74) is 6.12. The van der Waals surface area contributed by atoms with Crippen LogP contribution in [-0.2, 0) is 0 Å². The quantitative estimate of drug-likeness (QED) is 0.504. The molecule has 0 saturated heterocycles. The Morgan fingerprint density at radius 3 is 2.00 bits per heavy atom. The van der Waals surface area contributed by atoms with E-state index in [2.05, 4.69) is 44.9 Å². The lowest BCUT2D eigenvalue weighted by Gasteiger charge is -2.37. The molecule has 17 heavy (non-hydrogen) atoms. The molecule has 100 valence electrons. The Bertz CT molecular complexity index is 235. The number of nitrogens with one attached hydrogen (secondary N) is 1. The molecule has 0 aromatic rings. The summed E-state index contributed by atoms with van der Waals surface area (Å²) in [6, 6.07) is 0. The van der Waals surface area contributed by atoms with E-state index in [-0.39, 0.29) is 5.54 Å². The van der Waals surface area contributed by atoms with Crippen molar-refractivity contribution >= 4 is 0 Å². The first-order chi connectivity index (χ1) is 7.95. The Morgan fingerprint density at radius 2 is 1.65 bits per heavy atom. The molecule has 2 heteroatoms. The summed E-state index contributed by atoms with van der Waals surface area (Å²) in [6.45, 7) is 12.6.